The van der Waals surface area contributed by atoms with Crippen LogP contribution in [0, 0.1) is 18.3 Å². The molecule has 5 nitrogen and oxygen atoms in total. The molecule has 1 aliphatic heterocycles. The number of hydrogen-bond acceptors (Lipinski definition) is 4. The molecule has 0 spiro atoms. The van der Waals surface area contributed by atoms with Crippen molar-refractivity contribution in [2.45, 2.75) is 51.7 Å². The molecule has 1 fully saturated rings. The Labute approximate surface area is 223 Å². The van der Waals surface area contributed by atoms with Gasteiger partial charge in [-0.2, -0.15) is 5.26 Å². The zero-order valence-corrected chi connectivity index (χ0v) is 22.4. The average Bonchev–Trinajstić information content (AvgIpc) is 3.21. The molecule has 188 valence electrons. The van der Waals surface area contributed by atoms with E-state index in [9.17, 15) is 14.9 Å². The number of carbonyl (C=O) groups is 2. The van der Waals surface area contributed by atoms with Crippen molar-refractivity contribution in [3.63, 3.8) is 0 Å². The van der Waals surface area contributed by atoms with Crippen LogP contribution in [0.15, 0.2) is 83.4 Å². The van der Waals surface area contributed by atoms with Crippen LogP contribution >= 0.6 is 11.8 Å². The SMILES string of the molecule is CCc1ccc(CC2S/C(=C(/C#N)C(=O)Nc3ccccc3C)N(c3ccc(C(C)C)cc3)C2=O)cc1. The van der Waals surface area contributed by atoms with E-state index in [1.165, 1.54) is 22.2 Å². The van der Waals surface area contributed by atoms with Crippen LogP contribution in [-0.4, -0.2) is 17.1 Å². The van der Waals surface area contributed by atoms with Gasteiger partial charge in [0.1, 0.15) is 16.7 Å². The molecule has 1 saturated heterocycles. The Balaban J connectivity index is 1.72. The van der Waals surface area contributed by atoms with Crippen LogP contribution in [0.1, 0.15) is 48.9 Å². The minimum atomic E-state index is -0.524. The lowest BCUT2D eigenvalue weighted by atomic mass is 10.0. The summed E-state index contributed by atoms with van der Waals surface area (Å²) in [6, 6.07) is 25.5. The van der Waals surface area contributed by atoms with Gasteiger partial charge >= 0.3 is 0 Å². The van der Waals surface area contributed by atoms with Crippen LogP contribution in [-0.2, 0) is 22.4 Å². The molecule has 1 unspecified atom stereocenters. The highest BCUT2D eigenvalue weighted by Crippen LogP contribution is 2.42. The van der Waals surface area contributed by atoms with Gasteiger partial charge in [0.15, 0.2) is 0 Å². The second-order valence-corrected chi connectivity index (χ2v) is 10.7. The number of nitrogens with zero attached hydrogens (tertiary/aromatic N) is 2. The standard InChI is InChI=1S/C31H31N3O2S/c1-5-22-10-12-23(13-11-22)18-28-30(36)34(25-16-14-24(15-17-25)20(2)3)31(37-28)26(19-32)29(35)33-27-9-7-6-8-21(27)4/h6-17,20,28H,5,18H2,1-4H3,(H,33,35)/b31-26-. The Hall–Kier alpha value is -3.82. The normalized spacial score (nSPS) is 16.6. The zero-order valence-electron chi connectivity index (χ0n) is 21.6. The number of carbonyl (C=O) groups excluding carboxylic acids is 2. The smallest absolute Gasteiger partial charge is 0.269 e. The highest BCUT2D eigenvalue weighted by Gasteiger charge is 2.40. The summed E-state index contributed by atoms with van der Waals surface area (Å²) in [7, 11) is 0. The third-order valence-electron chi connectivity index (χ3n) is 6.57. The van der Waals surface area contributed by atoms with Crippen LogP contribution < -0.4 is 10.2 Å². The summed E-state index contributed by atoms with van der Waals surface area (Å²) in [5.41, 5.74) is 5.54. The van der Waals surface area contributed by atoms with Gasteiger partial charge < -0.3 is 5.32 Å². The first-order valence-corrected chi connectivity index (χ1v) is 13.4. The number of nitriles is 1. The highest BCUT2D eigenvalue weighted by atomic mass is 32.2. The van der Waals surface area contributed by atoms with Gasteiger partial charge in [-0.1, -0.05) is 87.1 Å². The van der Waals surface area contributed by atoms with E-state index >= 15 is 0 Å². The number of benzene rings is 3. The van der Waals surface area contributed by atoms with E-state index in [-0.39, 0.29) is 11.5 Å². The molecule has 1 heterocycles. The largest absolute Gasteiger partial charge is 0.321 e. The van der Waals surface area contributed by atoms with Crippen molar-refractivity contribution < 1.29 is 9.59 Å². The maximum Gasteiger partial charge on any atom is 0.269 e. The predicted octanol–water partition coefficient (Wildman–Crippen LogP) is 6.75. The second kappa shape index (κ2) is 11.5. The summed E-state index contributed by atoms with van der Waals surface area (Å²) in [6.45, 7) is 8.23. The fourth-order valence-corrected chi connectivity index (χ4v) is 5.56. The Morgan fingerprint density at radius 1 is 1.03 bits per heavy atom. The van der Waals surface area contributed by atoms with Crippen molar-refractivity contribution in [2.75, 3.05) is 10.2 Å². The summed E-state index contributed by atoms with van der Waals surface area (Å²) in [5.74, 6) is -0.307. The number of rotatable bonds is 7. The third kappa shape index (κ3) is 5.79. The van der Waals surface area contributed by atoms with Gasteiger partial charge in [0.25, 0.3) is 5.91 Å². The molecule has 0 aromatic heterocycles. The quantitative estimate of drug-likeness (QED) is 0.283. The molecule has 4 rings (SSSR count). The van der Waals surface area contributed by atoms with Crippen LogP contribution in [0.5, 0.6) is 0 Å². The Bertz CT molecular complexity index is 1370. The lowest BCUT2D eigenvalue weighted by Gasteiger charge is -2.19. The van der Waals surface area contributed by atoms with Crippen molar-refractivity contribution in [1.29, 1.82) is 5.26 Å². The average molecular weight is 510 g/mol. The van der Waals surface area contributed by atoms with Crippen molar-refractivity contribution in [3.8, 4) is 6.07 Å². The molecule has 1 N–H and O–H groups in total. The second-order valence-electron chi connectivity index (χ2n) is 9.46. The Morgan fingerprint density at radius 3 is 2.27 bits per heavy atom. The number of anilines is 2. The number of hydrogen-bond donors (Lipinski definition) is 1. The first-order chi connectivity index (χ1) is 17.8. The van der Waals surface area contributed by atoms with E-state index in [4.69, 9.17) is 0 Å². The number of aryl methyl sites for hydroxylation is 2. The van der Waals surface area contributed by atoms with E-state index in [2.05, 4.69) is 44.3 Å². The van der Waals surface area contributed by atoms with Gasteiger partial charge in [0, 0.05) is 11.4 Å². The molecule has 0 saturated carbocycles. The van der Waals surface area contributed by atoms with Crippen molar-refractivity contribution >= 4 is 35.0 Å². The monoisotopic (exact) mass is 509 g/mol. The number of amides is 2. The van der Waals surface area contributed by atoms with Crippen LogP contribution in [0.3, 0.4) is 0 Å². The molecule has 37 heavy (non-hydrogen) atoms. The van der Waals surface area contributed by atoms with Crippen LogP contribution in [0.25, 0.3) is 0 Å². The summed E-state index contributed by atoms with van der Waals surface area (Å²) in [6.07, 6.45) is 1.46. The van der Waals surface area contributed by atoms with E-state index in [0.717, 1.165) is 23.1 Å². The molecule has 0 aliphatic carbocycles. The molecule has 0 bridgehead atoms. The molecule has 3 aromatic carbocycles. The highest BCUT2D eigenvalue weighted by molar-refractivity contribution is 8.05. The summed E-state index contributed by atoms with van der Waals surface area (Å²) in [4.78, 5) is 28.6. The fourth-order valence-electron chi connectivity index (χ4n) is 4.25. The summed E-state index contributed by atoms with van der Waals surface area (Å²) < 4.78 is 0. The molecule has 1 atom stereocenters. The lowest BCUT2D eigenvalue weighted by molar-refractivity contribution is -0.117. The number of nitrogens with one attached hydrogen (secondary N) is 1. The van der Waals surface area contributed by atoms with Crippen molar-refractivity contribution in [2.24, 2.45) is 0 Å². The molecule has 0 radical (unpaired) electrons. The summed E-state index contributed by atoms with van der Waals surface area (Å²) >= 11 is 1.29. The van der Waals surface area contributed by atoms with Crippen LogP contribution in [0.4, 0.5) is 11.4 Å². The summed E-state index contributed by atoms with van der Waals surface area (Å²) in [5, 5.41) is 12.9. The first kappa shape index (κ1) is 26.2. The van der Waals surface area contributed by atoms with Crippen molar-refractivity contribution in [3.05, 3.63) is 106 Å². The molecule has 1 aliphatic rings. The van der Waals surface area contributed by atoms with Gasteiger partial charge in [-0.3, -0.25) is 14.5 Å². The predicted molar refractivity (Wildman–Crippen MR) is 151 cm³/mol. The van der Waals surface area contributed by atoms with E-state index in [1.807, 2.05) is 61.5 Å². The minimum Gasteiger partial charge on any atom is -0.321 e. The van der Waals surface area contributed by atoms with Crippen molar-refractivity contribution in [1.82, 2.24) is 0 Å². The number of thioether (sulfide) groups is 1. The third-order valence-corrected chi connectivity index (χ3v) is 7.83. The molecular weight excluding hydrogens is 478 g/mol. The van der Waals surface area contributed by atoms with Gasteiger partial charge in [-0.25, -0.2) is 0 Å². The number of para-hydroxylation sites is 1. The minimum absolute atomic E-state index is 0.0710. The van der Waals surface area contributed by atoms with Gasteiger partial charge in [0.2, 0.25) is 5.91 Å². The lowest BCUT2D eigenvalue weighted by Crippen LogP contribution is -2.31. The Morgan fingerprint density at radius 2 is 1.68 bits per heavy atom. The van der Waals surface area contributed by atoms with Gasteiger partial charge in [-0.05, 0) is 66.1 Å². The van der Waals surface area contributed by atoms with Gasteiger partial charge in [0.05, 0.1) is 5.25 Å². The van der Waals surface area contributed by atoms with Crippen LogP contribution in [0.2, 0.25) is 0 Å². The van der Waals surface area contributed by atoms with E-state index < -0.39 is 11.2 Å². The molecular formula is C31H31N3O2S. The first-order valence-electron chi connectivity index (χ1n) is 12.5. The van der Waals surface area contributed by atoms with Gasteiger partial charge in [-0.15, -0.1) is 0 Å². The maximum atomic E-state index is 13.7. The maximum absolute atomic E-state index is 13.7. The molecule has 3 aromatic rings. The molecule has 2 amide bonds. The zero-order chi connectivity index (χ0) is 26.5. The Kier molecular flexibility index (Phi) is 8.15. The van der Waals surface area contributed by atoms with E-state index in [0.29, 0.717) is 28.7 Å². The molecule has 6 heteroatoms. The fraction of sp³-hybridized carbons (Fsp3) is 0.258. The topological polar surface area (TPSA) is 73.2 Å². The van der Waals surface area contributed by atoms with E-state index in [1.54, 1.807) is 6.07 Å².